The topological polar surface area (TPSA) is 95.6 Å². The van der Waals surface area contributed by atoms with E-state index in [2.05, 4.69) is 10.0 Å². The van der Waals surface area contributed by atoms with Gasteiger partial charge in [0.25, 0.3) is 5.91 Å². The van der Waals surface area contributed by atoms with Gasteiger partial charge in [0, 0.05) is 30.9 Å². The Morgan fingerprint density at radius 1 is 1.07 bits per heavy atom. The van der Waals surface area contributed by atoms with Crippen molar-refractivity contribution in [2.75, 3.05) is 23.6 Å². The van der Waals surface area contributed by atoms with Gasteiger partial charge >= 0.3 is 0 Å². The fourth-order valence-electron chi connectivity index (χ4n) is 3.42. The standard InChI is InChI=1S/C22H27N3O4S/c1-2-30(28,29)24-20-12-10-18(11-13-20)22(27)25-14-6-9-19(16-25)21(26)23-15-17-7-4-3-5-8-17/h3-5,7-8,10-13,19,24H,2,6,9,14-16H2,1H3,(H,23,26). The third-order valence-corrected chi connectivity index (χ3v) is 6.48. The number of anilines is 1. The van der Waals surface area contributed by atoms with Crippen molar-refractivity contribution in [2.45, 2.75) is 26.3 Å². The molecule has 0 spiro atoms. The maximum absolute atomic E-state index is 12.9. The number of carbonyl (C=O) groups is 2. The summed E-state index contributed by atoms with van der Waals surface area (Å²) in [6, 6.07) is 16.1. The number of sulfonamides is 1. The SMILES string of the molecule is CCS(=O)(=O)Nc1ccc(C(=O)N2CCCC(C(=O)NCc3ccccc3)C2)cc1. The van der Waals surface area contributed by atoms with Crippen LogP contribution in [0.4, 0.5) is 5.69 Å². The maximum atomic E-state index is 12.9. The molecule has 1 fully saturated rings. The lowest BCUT2D eigenvalue weighted by atomic mass is 9.96. The number of amides is 2. The molecule has 0 aliphatic carbocycles. The number of piperidine rings is 1. The van der Waals surface area contributed by atoms with Gasteiger partial charge in [0.2, 0.25) is 15.9 Å². The van der Waals surface area contributed by atoms with E-state index in [0.717, 1.165) is 18.4 Å². The minimum Gasteiger partial charge on any atom is -0.352 e. The number of nitrogens with one attached hydrogen (secondary N) is 2. The molecule has 2 amide bonds. The molecule has 0 bridgehead atoms. The first-order valence-electron chi connectivity index (χ1n) is 10.1. The van der Waals surface area contributed by atoms with Crippen LogP contribution in [-0.4, -0.2) is 44.0 Å². The number of likely N-dealkylation sites (tertiary alicyclic amines) is 1. The normalized spacial score (nSPS) is 16.7. The Labute approximate surface area is 177 Å². The van der Waals surface area contributed by atoms with Crippen LogP contribution in [-0.2, 0) is 21.4 Å². The molecule has 30 heavy (non-hydrogen) atoms. The third-order valence-electron chi connectivity index (χ3n) is 5.17. The van der Waals surface area contributed by atoms with E-state index in [1.165, 1.54) is 0 Å². The van der Waals surface area contributed by atoms with E-state index in [0.29, 0.717) is 30.9 Å². The molecule has 1 atom stereocenters. The summed E-state index contributed by atoms with van der Waals surface area (Å²) in [5.74, 6) is -0.446. The van der Waals surface area contributed by atoms with Gasteiger partial charge in [-0.3, -0.25) is 14.3 Å². The second-order valence-corrected chi connectivity index (χ2v) is 9.39. The quantitative estimate of drug-likeness (QED) is 0.707. The van der Waals surface area contributed by atoms with E-state index in [4.69, 9.17) is 0 Å². The van der Waals surface area contributed by atoms with Gasteiger partial charge in [-0.25, -0.2) is 8.42 Å². The summed E-state index contributed by atoms with van der Waals surface area (Å²) in [5.41, 5.74) is 1.93. The van der Waals surface area contributed by atoms with Gasteiger partial charge in [-0.2, -0.15) is 0 Å². The summed E-state index contributed by atoms with van der Waals surface area (Å²) in [6.07, 6.45) is 1.52. The molecule has 2 N–H and O–H groups in total. The van der Waals surface area contributed by atoms with Gasteiger partial charge in [0.05, 0.1) is 11.7 Å². The first kappa shape index (κ1) is 21.8. The van der Waals surface area contributed by atoms with E-state index in [1.807, 2.05) is 30.3 Å². The highest BCUT2D eigenvalue weighted by Gasteiger charge is 2.28. The predicted molar refractivity (Wildman–Crippen MR) is 116 cm³/mol. The summed E-state index contributed by atoms with van der Waals surface area (Å²) in [5, 5.41) is 2.96. The first-order chi connectivity index (χ1) is 14.4. The van der Waals surface area contributed by atoms with Crippen LogP contribution < -0.4 is 10.0 Å². The first-order valence-corrected chi connectivity index (χ1v) is 11.7. The maximum Gasteiger partial charge on any atom is 0.253 e. The molecule has 0 saturated carbocycles. The van der Waals surface area contributed by atoms with Crippen LogP contribution in [0, 0.1) is 5.92 Å². The van der Waals surface area contributed by atoms with Crippen molar-refractivity contribution in [2.24, 2.45) is 5.92 Å². The fourth-order valence-corrected chi connectivity index (χ4v) is 4.06. The molecule has 1 saturated heterocycles. The van der Waals surface area contributed by atoms with Gasteiger partial charge in [0.1, 0.15) is 0 Å². The lowest BCUT2D eigenvalue weighted by Gasteiger charge is -2.32. The van der Waals surface area contributed by atoms with Crippen molar-refractivity contribution < 1.29 is 18.0 Å². The van der Waals surface area contributed by atoms with Crippen LogP contribution in [0.25, 0.3) is 0 Å². The Morgan fingerprint density at radius 3 is 2.43 bits per heavy atom. The summed E-state index contributed by atoms with van der Waals surface area (Å²) >= 11 is 0. The Hall–Kier alpha value is -2.87. The van der Waals surface area contributed by atoms with Crippen molar-refractivity contribution in [1.29, 1.82) is 0 Å². The summed E-state index contributed by atoms with van der Waals surface area (Å²) < 4.78 is 25.8. The van der Waals surface area contributed by atoms with Crippen LogP contribution in [0.1, 0.15) is 35.7 Å². The highest BCUT2D eigenvalue weighted by atomic mass is 32.2. The molecule has 8 heteroatoms. The van der Waals surface area contributed by atoms with E-state index in [-0.39, 0.29) is 23.5 Å². The second kappa shape index (κ2) is 9.75. The Balaban J connectivity index is 1.57. The average molecular weight is 430 g/mol. The number of rotatable bonds is 7. The molecule has 1 aliphatic heterocycles. The van der Waals surface area contributed by atoms with Crippen molar-refractivity contribution in [1.82, 2.24) is 10.2 Å². The van der Waals surface area contributed by atoms with Gasteiger partial charge in [-0.15, -0.1) is 0 Å². The number of benzene rings is 2. The average Bonchev–Trinajstić information content (AvgIpc) is 2.78. The van der Waals surface area contributed by atoms with Gasteiger partial charge < -0.3 is 10.2 Å². The van der Waals surface area contributed by atoms with Crippen LogP contribution in [0.5, 0.6) is 0 Å². The van der Waals surface area contributed by atoms with Gasteiger partial charge in [-0.1, -0.05) is 30.3 Å². The number of carbonyl (C=O) groups excluding carboxylic acids is 2. The van der Waals surface area contributed by atoms with E-state index < -0.39 is 10.0 Å². The molecule has 160 valence electrons. The van der Waals surface area contributed by atoms with Crippen LogP contribution in [0.3, 0.4) is 0 Å². The van der Waals surface area contributed by atoms with E-state index >= 15 is 0 Å². The highest BCUT2D eigenvalue weighted by molar-refractivity contribution is 7.92. The summed E-state index contributed by atoms with van der Waals surface area (Å²) in [7, 11) is -3.36. The smallest absolute Gasteiger partial charge is 0.253 e. The molecule has 1 unspecified atom stereocenters. The van der Waals surface area contributed by atoms with Crippen molar-refractivity contribution in [3.05, 3.63) is 65.7 Å². The van der Waals surface area contributed by atoms with Crippen molar-refractivity contribution in [3.8, 4) is 0 Å². The zero-order valence-electron chi connectivity index (χ0n) is 17.0. The number of nitrogens with zero attached hydrogens (tertiary/aromatic N) is 1. The fraction of sp³-hybridized carbons (Fsp3) is 0.364. The Morgan fingerprint density at radius 2 is 1.77 bits per heavy atom. The Bertz CT molecular complexity index is 975. The lowest BCUT2D eigenvalue weighted by molar-refractivity contribution is -0.126. The summed E-state index contributed by atoms with van der Waals surface area (Å²) in [6.45, 7) is 3.01. The van der Waals surface area contributed by atoms with Crippen LogP contribution in [0.15, 0.2) is 54.6 Å². The number of hydrogen-bond acceptors (Lipinski definition) is 4. The van der Waals surface area contributed by atoms with Crippen molar-refractivity contribution in [3.63, 3.8) is 0 Å². The largest absolute Gasteiger partial charge is 0.352 e. The lowest BCUT2D eigenvalue weighted by Crippen LogP contribution is -2.45. The monoisotopic (exact) mass is 429 g/mol. The second-order valence-electron chi connectivity index (χ2n) is 7.38. The summed E-state index contributed by atoms with van der Waals surface area (Å²) in [4.78, 5) is 27.1. The number of hydrogen-bond donors (Lipinski definition) is 2. The minimum absolute atomic E-state index is 0.0187. The van der Waals surface area contributed by atoms with E-state index in [9.17, 15) is 18.0 Å². The van der Waals surface area contributed by atoms with Gasteiger partial charge in [-0.05, 0) is 49.6 Å². The van der Waals surface area contributed by atoms with E-state index in [1.54, 1.807) is 36.1 Å². The molecule has 0 radical (unpaired) electrons. The molecular formula is C22H27N3O4S. The molecule has 2 aromatic carbocycles. The zero-order valence-corrected chi connectivity index (χ0v) is 17.8. The third kappa shape index (κ3) is 5.82. The molecule has 2 aromatic rings. The molecule has 1 aliphatic rings. The van der Waals surface area contributed by atoms with Crippen LogP contribution in [0.2, 0.25) is 0 Å². The molecule has 7 nitrogen and oxygen atoms in total. The Kier molecular flexibility index (Phi) is 7.10. The van der Waals surface area contributed by atoms with Gasteiger partial charge in [0.15, 0.2) is 0 Å². The molecular weight excluding hydrogens is 402 g/mol. The minimum atomic E-state index is -3.36. The highest BCUT2D eigenvalue weighted by Crippen LogP contribution is 2.20. The molecule has 0 aromatic heterocycles. The molecule has 1 heterocycles. The zero-order chi connectivity index (χ0) is 21.6. The molecule has 3 rings (SSSR count). The van der Waals surface area contributed by atoms with Crippen LogP contribution >= 0.6 is 0 Å². The van der Waals surface area contributed by atoms with Crippen molar-refractivity contribution >= 4 is 27.5 Å². The predicted octanol–water partition coefficient (Wildman–Crippen LogP) is 2.62.